The highest BCUT2D eigenvalue weighted by molar-refractivity contribution is 5.93. The molecule has 0 aromatic heterocycles. The fourth-order valence-corrected chi connectivity index (χ4v) is 3.60. The number of amides is 3. The highest BCUT2D eigenvalue weighted by Crippen LogP contribution is 2.27. The first kappa shape index (κ1) is 21.9. The Kier molecular flexibility index (Phi) is 6.92. The zero-order valence-electron chi connectivity index (χ0n) is 17.9. The third-order valence-corrected chi connectivity index (χ3v) is 4.89. The van der Waals surface area contributed by atoms with Gasteiger partial charge >= 0.3 is 6.03 Å². The van der Waals surface area contributed by atoms with Gasteiger partial charge in [0.1, 0.15) is 11.5 Å². The lowest BCUT2D eigenvalue weighted by atomic mass is 10.0. The number of para-hydroxylation sites is 1. The fraction of sp³-hybridized carbons (Fsp3) is 0.200. The van der Waals surface area contributed by atoms with E-state index < -0.39 is 12.1 Å². The summed E-state index contributed by atoms with van der Waals surface area (Å²) in [4.78, 5) is 24.4. The van der Waals surface area contributed by atoms with Crippen LogP contribution in [0.5, 0.6) is 11.5 Å². The maximum absolute atomic E-state index is 12.8. The Labute approximate surface area is 182 Å². The smallest absolute Gasteiger partial charge is 0.312 e. The Bertz CT molecular complexity index is 1060. The number of anilines is 1. The quantitative estimate of drug-likeness (QED) is 0.497. The minimum absolute atomic E-state index is 0.0322. The van der Waals surface area contributed by atoms with Crippen molar-refractivity contribution in [3.8, 4) is 11.5 Å². The third kappa shape index (κ3) is 6.09. The number of rotatable bonds is 7. The number of carbonyl (C=O) groups is 2. The van der Waals surface area contributed by atoms with Crippen LogP contribution in [0.25, 0.3) is 0 Å². The van der Waals surface area contributed by atoms with E-state index in [9.17, 15) is 9.59 Å². The molecule has 3 rings (SSSR count). The molecule has 1 atom stereocenters. The van der Waals surface area contributed by atoms with E-state index in [1.807, 2.05) is 81.4 Å². The third-order valence-electron chi connectivity index (χ3n) is 4.89. The summed E-state index contributed by atoms with van der Waals surface area (Å²) in [5.74, 6) is 1.08. The van der Waals surface area contributed by atoms with Gasteiger partial charge in [0.25, 0.3) is 0 Å². The van der Waals surface area contributed by atoms with Gasteiger partial charge in [-0.05, 0) is 61.7 Å². The van der Waals surface area contributed by atoms with Crippen LogP contribution in [-0.4, -0.2) is 11.9 Å². The van der Waals surface area contributed by atoms with Crippen molar-refractivity contribution in [3.63, 3.8) is 0 Å². The summed E-state index contributed by atoms with van der Waals surface area (Å²) in [6.45, 7) is 5.93. The second kappa shape index (κ2) is 9.80. The van der Waals surface area contributed by atoms with E-state index in [-0.39, 0.29) is 12.3 Å². The topological polar surface area (TPSA) is 93.5 Å². The maximum atomic E-state index is 12.8. The molecule has 0 saturated carbocycles. The van der Waals surface area contributed by atoms with Crippen LogP contribution >= 0.6 is 0 Å². The molecule has 4 N–H and O–H groups in total. The SMILES string of the molecule is Cc1cc(C)c(NC(=O)CC(NC(N)=O)c2cccc(Oc3ccccc3)c2)c(C)c1. The first-order chi connectivity index (χ1) is 14.8. The van der Waals surface area contributed by atoms with E-state index in [2.05, 4.69) is 10.6 Å². The van der Waals surface area contributed by atoms with Crippen molar-refractivity contribution in [3.05, 3.63) is 89.0 Å². The molecule has 0 aliphatic heterocycles. The average Bonchev–Trinajstić information content (AvgIpc) is 2.71. The van der Waals surface area contributed by atoms with E-state index in [1.165, 1.54) is 0 Å². The zero-order chi connectivity index (χ0) is 22.4. The first-order valence-electron chi connectivity index (χ1n) is 10.1. The second-order valence-corrected chi connectivity index (χ2v) is 7.57. The molecule has 31 heavy (non-hydrogen) atoms. The standard InChI is InChI=1S/C25H27N3O3/c1-16-12-17(2)24(18(3)13-16)28-23(29)15-22(27-25(26)30)19-8-7-11-21(14-19)31-20-9-5-4-6-10-20/h4-14,22H,15H2,1-3H3,(H,28,29)(H3,26,27,30). The van der Waals surface area contributed by atoms with Gasteiger partial charge in [0.05, 0.1) is 12.5 Å². The zero-order valence-corrected chi connectivity index (χ0v) is 17.9. The van der Waals surface area contributed by atoms with Crippen LogP contribution in [0.4, 0.5) is 10.5 Å². The number of urea groups is 1. The average molecular weight is 418 g/mol. The molecule has 0 aliphatic carbocycles. The number of primary amides is 1. The molecule has 6 nitrogen and oxygen atoms in total. The minimum atomic E-state index is -0.699. The Morgan fingerprint density at radius 2 is 1.55 bits per heavy atom. The van der Waals surface area contributed by atoms with Crippen molar-refractivity contribution in [1.82, 2.24) is 5.32 Å². The Hall–Kier alpha value is -3.80. The van der Waals surface area contributed by atoms with Crippen molar-refractivity contribution in [2.45, 2.75) is 33.2 Å². The number of benzene rings is 3. The predicted octanol–water partition coefficient (Wildman–Crippen LogP) is 5.14. The van der Waals surface area contributed by atoms with Gasteiger partial charge in [-0.2, -0.15) is 0 Å². The summed E-state index contributed by atoms with van der Waals surface area (Å²) in [5, 5.41) is 5.64. The number of ether oxygens (including phenoxy) is 1. The van der Waals surface area contributed by atoms with Crippen LogP contribution in [0.1, 0.15) is 34.7 Å². The molecular weight excluding hydrogens is 390 g/mol. The summed E-state index contributed by atoms with van der Waals surface area (Å²) < 4.78 is 5.87. The minimum Gasteiger partial charge on any atom is -0.457 e. The van der Waals surface area contributed by atoms with Crippen molar-refractivity contribution in [2.75, 3.05) is 5.32 Å². The van der Waals surface area contributed by atoms with Gasteiger partial charge in [0.15, 0.2) is 0 Å². The van der Waals surface area contributed by atoms with Gasteiger partial charge in [-0.1, -0.05) is 48.0 Å². The Morgan fingerprint density at radius 1 is 0.903 bits per heavy atom. The Morgan fingerprint density at radius 3 is 2.19 bits per heavy atom. The molecule has 1 unspecified atom stereocenters. The van der Waals surface area contributed by atoms with Gasteiger partial charge in [0.2, 0.25) is 5.91 Å². The van der Waals surface area contributed by atoms with Gasteiger partial charge in [-0.25, -0.2) is 4.79 Å². The Balaban J connectivity index is 1.78. The number of nitrogens with one attached hydrogen (secondary N) is 2. The largest absolute Gasteiger partial charge is 0.457 e. The normalized spacial score (nSPS) is 11.5. The highest BCUT2D eigenvalue weighted by atomic mass is 16.5. The van der Waals surface area contributed by atoms with Crippen molar-refractivity contribution in [1.29, 1.82) is 0 Å². The summed E-state index contributed by atoms with van der Waals surface area (Å²) in [6, 6.07) is 19.4. The van der Waals surface area contributed by atoms with Gasteiger partial charge in [-0.15, -0.1) is 0 Å². The first-order valence-corrected chi connectivity index (χ1v) is 10.1. The molecule has 160 valence electrons. The van der Waals surface area contributed by atoms with Crippen LogP contribution in [0, 0.1) is 20.8 Å². The molecule has 0 spiro atoms. The van der Waals surface area contributed by atoms with Gasteiger partial charge < -0.3 is 21.1 Å². The van der Waals surface area contributed by atoms with E-state index in [0.717, 1.165) is 27.9 Å². The fourth-order valence-electron chi connectivity index (χ4n) is 3.60. The molecule has 0 saturated heterocycles. The summed E-state index contributed by atoms with van der Waals surface area (Å²) in [6.07, 6.45) is 0.0322. The maximum Gasteiger partial charge on any atom is 0.312 e. The molecule has 3 amide bonds. The number of hydrogen-bond donors (Lipinski definition) is 3. The molecule has 0 fully saturated rings. The van der Waals surface area contributed by atoms with E-state index in [4.69, 9.17) is 10.5 Å². The van der Waals surface area contributed by atoms with E-state index in [0.29, 0.717) is 11.5 Å². The van der Waals surface area contributed by atoms with Crippen LogP contribution in [0.3, 0.4) is 0 Å². The molecule has 0 radical (unpaired) electrons. The van der Waals surface area contributed by atoms with Crippen LogP contribution in [0.2, 0.25) is 0 Å². The molecule has 3 aromatic carbocycles. The number of hydrogen-bond acceptors (Lipinski definition) is 3. The summed E-state index contributed by atoms with van der Waals surface area (Å²) >= 11 is 0. The van der Waals surface area contributed by atoms with Gasteiger partial charge in [0, 0.05) is 5.69 Å². The lowest BCUT2D eigenvalue weighted by Gasteiger charge is -2.20. The molecule has 0 heterocycles. The summed E-state index contributed by atoms with van der Waals surface area (Å²) in [7, 11) is 0. The van der Waals surface area contributed by atoms with Gasteiger partial charge in [-0.3, -0.25) is 4.79 Å². The molecule has 6 heteroatoms. The lowest BCUT2D eigenvalue weighted by Crippen LogP contribution is -2.35. The van der Waals surface area contributed by atoms with E-state index >= 15 is 0 Å². The molecular formula is C25H27N3O3. The van der Waals surface area contributed by atoms with Crippen molar-refractivity contribution >= 4 is 17.6 Å². The summed E-state index contributed by atoms with van der Waals surface area (Å²) in [5.41, 5.74) is 10.00. The van der Waals surface area contributed by atoms with Crippen LogP contribution in [-0.2, 0) is 4.79 Å². The highest BCUT2D eigenvalue weighted by Gasteiger charge is 2.19. The van der Waals surface area contributed by atoms with Crippen LogP contribution in [0.15, 0.2) is 66.7 Å². The van der Waals surface area contributed by atoms with Crippen molar-refractivity contribution in [2.24, 2.45) is 5.73 Å². The predicted molar refractivity (Wildman–Crippen MR) is 122 cm³/mol. The number of carbonyl (C=O) groups excluding carboxylic acids is 2. The van der Waals surface area contributed by atoms with E-state index in [1.54, 1.807) is 6.07 Å². The number of nitrogens with two attached hydrogens (primary N) is 1. The monoisotopic (exact) mass is 417 g/mol. The second-order valence-electron chi connectivity index (χ2n) is 7.57. The van der Waals surface area contributed by atoms with Crippen LogP contribution < -0.4 is 21.1 Å². The lowest BCUT2D eigenvalue weighted by molar-refractivity contribution is -0.116. The van der Waals surface area contributed by atoms with Crippen molar-refractivity contribution < 1.29 is 14.3 Å². The number of aryl methyl sites for hydroxylation is 3. The molecule has 0 aliphatic rings. The molecule has 3 aromatic rings. The molecule has 0 bridgehead atoms.